The highest BCUT2D eigenvalue weighted by atomic mass is 35.5. The summed E-state index contributed by atoms with van der Waals surface area (Å²) in [5, 5.41) is 6.60. The summed E-state index contributed by atoms with van der Waals surface area (Å²) in [5.74, 6) is 1.09. The van der Waals surface area contributed by atoms with E-state index < -0.39 is 0 Å². The third kappa shape index (κ3) is 3.26. The van der Waals surface area contributed by atoms with Crippen molar-refractivity contribution in [2.24, 2.45) is 0 Å². The van der Waals surface area contributed by atoms with Gasteiger partial charge in [0.05, 0.1) is 6.20 Å². The molecule has 1 amide bonds. The lowest BCUT2D eigenvalue weighted by atomic mass is 10.2. The zero-order chi connectivity index (χ0) is 13.8. The lowest BCUT2D eigenvalue weighted by molar-refractivity contribution is -0.127. The Hall–Kier alpha value is -1.56. The van der Waals surface area contributed by atoms with Gasteiger partial charge in [0.25, 0.3) is 0 Å². The number of aromatic nitrogens is 2. The van der Waals surface area contributed by atoms with Crippen molar-refractivity contribution in [2.75, 3.05) is 30.8 Å². The number of anilines is 2. The van der Waals surface area contributed by atoms with Gasteiger partial charge in [0.1, 0.15) is 11.1 Å². The number of likely N-dealkylation sites (N-methyl/N-ethyl adjacent to an activating group) is 1. The third-order valence-corrected chi connectivity index (χ3v) is 3.29. The lowest BCUT2D eigenvalue weighted by Gasteiger charge is -2.14. The molecular formula is C12H18ClN5O. The number of carbonyl (C=O) groups is 1. The first-order valence-electron chi connectivity index (χ1n) is 6.39. The predicted octanol–water partition coefficient (Wildman–Crippen LogP) is 1.59. The third-order valence-electron chi connectivity index (χ3n) is 3.02. The quantitative estimate of drug-likeness (QED) is 0.859. The highest BCUT2D eigenvalue weighted by Crippen LogP contribution is 2.22. The lowest BCUT2D eigenvalue weighted by Crippen LogP contribution is -2.31. The molecule has 0 saturated carbocycles. The number of hydrogen-bond acceptors (Lipinski definition) is 5. The van der Waals surface area contributed by atoms with Gasteiger partial charge in [-0.3, -0.25) is 4.79 Å². The standard InChI is InChI=1S/C12H18ClN5O/c1-3-5-14-12-15-7-8(13)10(17-12)16-9-4-6-18(2)11(9)19/h7,9H,3-6H2,1-2H3,(H2,14,15,16,17). The van der Waals surface area contributed by atoms with E-state index in [1.165, 1.54) is 6.20 Å². The van der Waals surface area contributed by atoms with E-state index in [9.17, 15) is 4.79 Å². The van der Waals surface area contributed by atoms with Gasteiger partial charge in [-0.1, -0.05) is 18.5 Å². The summed E-state index contributed by atoms with van der Waals surface area (Å²) in [6, 6.07) is -0.253. The first kappa shape index (κ1) is 13.9. The van der Waals surface area contributed by atoms with E-state index in [2.05, 4.69) is 27.5 Å². The van der Waals surface area contributed by atoms with Crippen molar-refractivity contribution in [2.45, 2.75) is 25.8 Å². The van der Waals surface area contributed by atoms with Crippen LogP contribution in [0.5, 0.6) is 0 Å². The number of carbonyl (C=O) groups excluding carboxylic acids is 1. The minimum absolute atomic E-state index is 0.0674. The van der Waals surface area contributed by atoms with Crippen molar-refractivity contribution in [3.05, 3.63) is 11.2 Å². The normalized spacial score (nSPS) is 18.8. The van der Waals surface area contributed by atoms with E-state index >= 15 is 0 Å². The maximum Gasteiger partial charge on any atom is 0.244 e. The Bertz CT molecular complexity index is 467. The van der Waals surface area contributed by atoms with Gasteiger partial charge in [0.2, 0.25) is 11.9 Å². The molecule has 1 fully saturated rings. The van der Waals surface area contributed by atoms with Gasteiger partial charge in [-0.15, -0.1) is 0 Å². The Morgan fingerprint density at radius 2 is 2.37 bits per heavy atom. The Morgan fingerprint density at radius 1 is 1.58 bits per heavy atom. The van der Waals surface area contributed by atoms with Crippen LogP contribution in [0.25, 0.3) is 0 Å². The summed E-state index contributed by atoms with van der Waals surface area (Å²) in [6.07, 6.45) is 3.28. The average Bonchev–Trinajstić information content (AvgIpc) is 2.71. The zero-order valence-corrected chi connectivity index (χ0v) is 11.9. The molecule has 0 bridgehead atoms. The van der Waals surface area contributed by atoms with Crippen LogP contribution in [0.15, 0.2) is 6.20 Å². The van der Waals surface area contributed by atoms with Gasteiger partial charge in [-0.2, -0.15) is 4.98 Å². The minimum Gasteiger partial charge on any atom is -0.357 e. The van der Waals surface area contributed by atoms with E-state index in [4.69, 9.17) is 11.6 Å². The minimum atomic E-state index is -0.253. The second-order valence-electron chi connectivity index (χ2n) is 4.56. The van der Waals surface area contributed by atoms with Crippen LogP contribution in [0.3, 0.4) is 0 Å². The molecule has 1 atom stereocenters. The van der Waals surface area contributed by atoms with E-state index in [0.29, 0.717) is 16.8 Å². The second kappa shape index (κ2) is 6.06. The van der Waals surface area contributed by atoms with E-state index in [1.54, 1.807) is 11.9 Å². The highest BCUT2D eigenvalue weighted by Gasteiger charge is 2.29. The van der Waals surface area contributed by atoms with Crippen LogP contribution in [0.2, 0.25) is 5.02 Å². The Kier molecular flexibility index (Phi) is 4.42. The number of nitrogens with zero attached hydrogens (tertiary/aromatic N) is 3. The summed E-state index contributed by atoms with van der Waals surface area (Å²) in [6.45, 7) is 3.61. The molecule has 1 aromatic rings. The first-order valence-corrected chi connectivity index (χ1v) is 6.77. The number of rotatable bonds is 5. The maximum absolute atomic E-state index is 11.8. The van der Waals surface area contributed by atoms with E-state index in [0.717, 1.165) is 25.9 Å². The van der Waals surface area contributed by atoms with Crippen LogP contribution in [0.4, 0.5) is 11.8 Å². The van der Waals surface area contributed by atoms with Crippen LogP contribution in [-0.2, 0) is 4.79 Å². The smallest absolute Gasteiger partial charge is 0.244 e. The van der Waals surface area contributed by atoms with Crippen molar-refractivity contribution in [3.8, 4) is 0 Å². The van der Waals surface area contributed by atoms with Crippen molar-refractivity contribution < 1.29 is 4.79 Å². The summed E-state index contributed by atoms with van der Waals surface area (Å²) < 4.78 is 0. The molecular weight excluding hydrogens is 266 g/mol. The average molecular weight is 284 g/mol. The van der Waals surface area contributed by atoms with Gasteiger partial charge < -0.3 is 15.5 Å². The van der Waals surface area contributed by atoms with Gasteiger partial charge >= 0.3 is 0 Å². The maximum atomic E-state index is 11.8. The molecule has 0 aliphatic carbocycles. The van der Waals surface area contributed by atoms with Gasteiger partial charge in [0.15, 0.2) is 5.82 Å². The van der Waals surface area contributed by atoms with Gasteiger partial charge in [0, 0.05) is 20.1 Å². The Labute approximate surface area is 117 Å². The fourth-order valence-electron chi connectivity index (χ4n) is 1.91. The molecule has 1 aliphatic rings. The molecule has 1 aromatic heterocycles. The monoisotopic (exact) mass is 283 g/mol. The van der Waals surface area contributed by atoms with Crippen LogP contribution in [0.1, 0.15) is 19.8 Å². The molecule has 1 unspecified atom stereocenters. The molecule has 1 saturated heterocycles. The van der Waals surface area contributed by atoms with Crippen LogP contribution in [0, 0.1) is 0 Å². The predicted molar refractivity (Wildman–Crippen MR) is 75.5 cm³/mol. The molecule has 0 spiro atoms. The van der Waals surface area contributed by atoms with Crippen molar-refractivity contribution in [3.63, 3.8) is 0 Å². The summed E-state index contributed by atoms with van der Waals surface area (Å²) >= 11 is 6.05. The molecule has 0 radical (unpaired) electrons. The molecule has 2 rings (SSSR count). The number of halogens is 1. The first-order chi connectivity index (χ1) is 9.11. The largest absolute Gasteiger partial charge is 0.357 e. The van der Waals surface area contributed by atoms with Crippen LogP contribution in [-0.4, -0.2) is 47.0 Å². The van der Waals surface area contributed by atoms with Crippen molar-refractivity contribution >= 4 is 29.3 Å². The molecule has 2 N–H and O–H groups in total. The Balaban J connectivity index is 2.08. The zero-order valence-electron chi connectivity index (χ0n) is 11.1. The molecule has 19 heavy (non-hydrogen) atoms. The molecule has 2 heterocycles. The van der Waals surface area contributed by atoms with Crippen molar-refractivity contribution in [1.82, 2.24) is 14.9 Å². The molecule has 104 valence electrons. The number of likely N-dealkylation sites (tertiary alicyclic amines) is 1. The van der Waals surface area contributed by atoms with Gasteiger partial charge in [-0.05, 0) is 12.8 Å². The summed E-state index contributed by atoms with van der Waals surface area (Å²) in [7, 11) is 1.79. The topological polar surface area (TPSA) is 70.2 Å². The van der Waals surface area contributed by atoms with Crippen molar-refractivity contribution in [1.29, 1.82) is 0 Å². The summed E-state index contributed by atoms with van der Waals surface area (Å²) in [4.78, 5) is 21.9. The van der Waals surface area contributed by atoms with Crippen LogP contribution < -0.4 is 10.6 Å². The SMILES string of the molecule is CCCNc1ncc(Cl)c(NC2CCN(C)C2=O)n1. The number of nitrogens with one attached hydrogen (secondary N) is 2. The van der Waals surface area contributed by atoms with E-state index in [1.807, 2.05) is 0 Å². The fraction of sp³-hybridized carbons (Fsp3) is 0.583. The Morgan fingerprint density at radius 3 is 3.00 bits per heavy atom. The number of hydrogen-bond donors (Lipinski definition) is 2. The van der Waals surface area contributed by atoms with Crippen LogP contribution >= 0.6 is 11.6 Å². The fourth-order valence-corrected chi connectivity index (χ4v) is 2.06. The molecule has 1 aliphatic heterocycles. The molecule has 7 heteroatoms. The number of amides is 1. The molecule has 6 nitrogen and oxygen atoms in total. The summed E-state index contributed by atoms with van der Waals surface area (Å²) in [5.41, 5.74) is 0. The van der Waals surface area contributed by atoms with E-state index in [-0.39, 0.29) is 11.9 Å². The molecule has 0 aromatic carbocycles. The second-order valence-corrected chi connectivity index (χ2v) is 4.97. The highest BCUT2D eigenvalue weighted by molar-refractivity contribution is 6.32. The van der Waals surface area contributed by atoms with Gasteiger partial charge in [-0.25, -0.2) is 4.98 Å².